The zero-order valence-electron chi connectivity index (χ0n) is 14.5. The van der Waals surface area contributed by atoms with Crippen molar-refractivity contribution < 1.29 is 13.2 Å². The number of amides is 1. The van der Waals surface area contributed by atoms with Gasteiger partial charge in [0.1, 0.15) is 0 Å². The summed E-state index contributed by atoms with van der Waals surface area (Å²) in [5, 5.41) is 2.83. The quantitative estimate of drug-likeness (QED) is 0.924. The first-order chi connectivity index (χ1) is 11.1. The zero-order valence-corrected chi connectivity index (χ0v) is 15.4. The van der Waals surface area contributed by atoms with Gasteiger partial charge in [0, 0.05) is 18.3 Å². The highest BCUT2D eigenvalue weighted by Gasteiger charge is 2.14. The first-order valence-electron chi connectivity index (χ1n) is 7.53. The lowest BCUT2D eigenvalue weighted by atomic mass is 10.0. The summed E-state index contributed by atoms with van der Waals surface area (Å²) in [4.78, 5) is 12.5. The lowest BCUT2D eigenvalue weighted by molar-refractivity contribution is 0.102. The van der Waals surface area contributed by atoms with E-state index in [9.17, 15) is 13.2 Å². The van der Waals surface area contributed by atoms with E-state index in [1.807, 2.05) is 32.9 Å². The van der Waals surface area contributed by atoms with Gasteiger partial charge in [0.2, 0.25) is 10.0 Å². The number of hydrogen-bond donors (Lipinski definition) is 1. The van der Waals surface area contributed by atoms with E-state index in [2.05, 4.69) is 5.32 Å². The monoisotopic (exact) mass is 346 g/mol. The molecule has 2 aromatic rings. The van der Waals surface area contributed by atoms with Crippen LogP contribution in [0.2, 0.25) is 0 Å². The minimum absolute atomic E-state index is 0.213. The highest BCUT2D eigenvalue weighted by molar-refractivity contribution is 7.92. The molecule has 0 heterocycles. The van der Waals surface area contributed by atoms with Crippen LogP contribution in [0.3, 0.4) is 0 Å². The number of carbonyl (C=O) groups excluding carboxylic acids is 1. The number of hydrogen-bond acceptors (Lipinski definition) is 3. The highest BCUT2D eigenvalue weighted by Crippen LogP contribution is 2.22. The second-order valence-electron chi connectivity index (χ2n) is 5.99. The third kappa shape index (κ3) is 3.94. The molecule has 0 saturated heterocycles. The fourth-order valence-electron chi connectivity index (χ4n) is 2.37. The standard InChI is InChI=1S/C18H22N2O3S/c1-12-9-14(3)17(10-13(12)2)18(21)19-15-7-6-8-16(11-15)20(4)24(5,22)23/h6-11H,1-5H3,(H,19,21). The van der Waals surface area contributed by atoms with Crippen LogP contribution in [-0.4, -0.2) is 27.6 Å². The van der Waals surface area contributed by atoms with Gasteiger partial charge in [-0.05, 0) is 61.7 Å². The minimum Gasteiger partial charge on any atom is -0.322 e. The molecule has 1 N–H and O–H groups in total. The van der Waals surface area contributed by atoms with Crippen molar-refractivity contribution in [2.75, 3.05) is 22.9 Å². The third-order valence-corrected chi connectivity index (χ3v) is 5.26. The fraction of sp³-hybridized carbons (Fsp3) is 0.278. The predicted octanol–water partition coefficient (Wildman–Crippen LogP) is 3.26. The molecule has 0 spiro atoms. The van der Waals surface area contributed by atoms with Gasteiger partial charge in [-0.15, -0.1) is 0 Å². The van der Waals surface area contributed by atoms with Crippen LogP contribution < -0.4 is 9.62 Å². The number of sulfonamides is 1. The summed E-state index contributed by atoms with van der Waals surface area (Å²) in [5.74, 6) is -0.213. The van der Waals surface area contributed by atoms with Crippen molar-refractivity contribution in [2.24, 2.45) is 0 Å². The average molecular weight is 346 g/mol. The molecule has 6 heteroatoms. The molecular formula is C18H22N2O3S. The molecule has 0 atom stereocenters. The van der Waals surface area contributed by atoms with Crippen molar-refractivity contribution >= 4 is 27.3 Å². The van der Waals surface area contributed by atoms with Crippen LogP contribution in [0.15, 0.2) is 36.4 Å². The summed E-state index contributed by atoms with van der Waals surface area (Å²) >= 11 is 0. The van der Waals surface area contributed by atoms with Crippen LogP contribution in [-0.2, 0) is 10.0 Å². The Kier molecular flexibility index (Phi) is 4.99. The van der Waals surface area contributed by atoms with Crippen molar-refractivity contribution in [1.82, 2.24) is 0 Å². The number of benzene rings is 2. The van der Waals surface area contributed by atoms with Crippen molar-refractivity contribution in [2.45, 2.75) is 20.8 Å². The Morgan fingerprint density at radius 1 is 1.00 bits per heavy atom. The molecule has 128 valence electrons. The van der Waals surface area contributed by atoms with Crippen molar-refractivity contribution in [3.05, 3.63) is 58.7 Å². The van der Waals surface area contributed by atoms with Crippen LogP contribution in [0.1, 0.15) is 27.0 Å². The Morgan fingerprint density at radius 2 is 1.62 bits per heavy atom. The fourth-order valence-corrected chi connectivity index (χ4v) is 2.87. The van der Waals surface area contributed by atoms with Gasteiger partial charge in [-0.2, -0.15) is 0 Å². The van der Waals surface area contributed by atoms with Gasteiger partial charge in [0.05, 0.1) is 11.9 Å². The molecule has 0 bridgehead atoms. The van der Waals surface area contributed by atoms with E-state index in [1.54, 1.807) is 24.3 Å². The number of aryl methyl sites for hydroxylation is 3. The van der Waals surface area contributed by atoms with Gasteiger partial charge >= 0.3 is 0 Å². The summed E-state index contributed by atoms with van der Waals surface area (Å²) in [7, 11) is -1.87. The molecule has 0 radical (unpaired) electrons. The third-order valence-electron chi connectivity index (χ3n) is 4.05. The van der Waals surface area contributed by atoms with E-state index < -0.39 is 10.0 Å². The molecule has 0 aliphatic heterocycles. The van der Waals surface area contributed by atoms with Crippen LogP contribution in [0.25, 0.3) is 0 Å². The van der Waals surface area contributed by atoms with E-state index in [0.29, 0.717) is 16.9 Å². The van der Waals surface area contributed by atoms with E-state index in [-0.39, 0.29) is 5.91 Å². The van der Waals surface area contributed by atoms with Crippen molar-refractivity contribution in [3.63, 3.8) is 0 Å². The molecule has 0 fully saturated rings. The first-order valence-corrected chi connectivity index (χ1v) is 9.37. The normalized spacial score (nSPS) is 11.2. The summed E-state index contributed by atoms with van der Waals surface area (Å²) in [6.45, 7) is 5.87. The SMILES string of the molecule is Cc1cc(C)c(C(=O)Nc2cccc(N(C)S(C)(=O)=O)c2)cc1C. The van der Waals surface area contributed by atoms with Crippen LogP contribution in [0, 0.1) is 20.8 Å². The molecule has 0 aromatic heterocycles. The summed E-state index contributed by atoms with van der Waals surface area (Å²) in [6, 6.07) is 10.6. The maximum Gasteiger partial charge on any atom is 0.255 e. The molecule has 24 heavy (non-hydrogen) atoms. The topological polar surface area (TPSA) is 66.5 Å². The van der Waals surface area contributed by atoms with Crippen molar-refractivity contribution in [3.8, 4) is 0 Å². The van der Waals surface area contributed by atoms with Gasteiger partial charge in [-0.1, -0.05) is 12.1 Å². The van der Waals surface area contributed by atoms with Gasteiger partial charge in [0.25, 0.3) is 5.91 Å². The number of carbonyl (C=O) groups is 1. The second kappa shape index (κ2) is 6.65. The van der Waals surface area contributed by atoms with Crippen LogP contribution >= 0.6 is 0 Å². The van der Waals surface area contributed by atoms with Crippen molar-refractivity contribution in [1.29, 1.82) is 0 Å². The Balaban J connectivity index is 2.29. The Morgan fingerprint density at radius 3 is 2.25 bits per heavy atom. The van der Waals surface area contributed by atoms with Gasteiger partial charge in [0.15, 0.2) is 0 Å². The Hall–Kier alpha value is -2.34. The highest BCUT2D eigenvalue weighted by atomic mass is 32.2. The van der Waals surface area contributed by atoms with E-state index in [4.69, 9.17) is 0 Å². The first kappa shape index (κ1) is 18.0. The second-order valence-corrected chi connectivity index (χ2v) is 8.00. The molecule has 0 aliphatic carbocycles. The number of nitrogens with zero attached hydrogens (tertiary/aromatic N) is 1. The minimum atomic E-state index is -3.35. The molecule has 0 unspecified atom stereocenters. The predicted molar refractivity (Wildman–Crippen MR) is 98.3 cm³/mol. The van der Waals surface area contributed by atoms with Gasteiger partial charge < -0.3 is 5.32 Å². The van der Waals surface area contributed by atoms with E-state index >= 15 is 0 Å². The Bertz CT molecular complexity index is 889. The summed E-state index contributed by atoms with van der Waals surface area (Å²) < 4.78 is 24.4. The average Bonchev–Trinajstić information content (AvgIpc) is 2.49. The van der Waals surface area contributed by atoms with Crippen LogP contribution in [0.4, 0.5) is 11.4 Å². The van der Waals surface area contributed by atoms with Gasteiger partial charge in [-0.3, -0.25) is 9.10 Å². The molecule has 2 aromatic carbocycles. The van der Waals surface area contributed by atoms with E-state index in [0.717, 1.165) is 22.9 Å². The maximum atomic E-state index is 12.5. The maximum absolute atomic E-state index is 12.5. The lowest BCUT2D eigenvalue weighted by Crippen LogP contribution is -2.25. The number of rotatable bonds is 4. The number of nitrogens with one attached hydrogen (secondary N) is 1. The summed E-state index contributed by atoms with van der Waals surface area (Å²) in [5.41, 5.74) is 4.75. The molecule has 0 aliphatic rings. The molecule has 0 saturated carbocycles. The molecule has 5 nitrogen and oxygen atoms in total. The Labute approximate surface area is 143 Å². The molecular weight excluding hydrogens is 324 g/mol. The smallest absolute Gasteiger partial charge is 0.255 e. The van der Waals surface area contributed by atoms with E-state index in [1.165, 1.54) is 11.4 Å². The molecule has 1 amide bonds. The zero-order chi connectivity index (χ0) is 18.1. The van der Waals surface area contributed by atoms with Crippen LogP contribution in [0.5, 0.6) is 0 Å². The van der Waals surface area contributed by atoms with Gasteiger partial charge in [-0.25, -0.2) is 8.42 Å². The number of anilines is 2. The lowest BCUT2D eigenvalue weighted by Gasteiger charge is -2.17. The molecule has 2 rings (SSSR count). The largest absolute Gasteiger partial charge is 0.322 e. The summed E-state index contributed by atoms with van der Waals surface area (Å²) in [6.07, 6.45) is 1.14.